The van der Waals surface area contributed by atoms with Gasteiger partial charge in [0.15, 0.2) is 0 Å². The Morgan fingerprint density at radius 1 is 1.50 bits per heavy atom. The lowest BCUT2D eigenvalue weighted by molar-refractivity contribution is -0.152. The van der Waals surface area contributed by atoms with Crippen LogP contribution in [0.4, 0.5) is 10.1 Å². The van der Waals surface area contributed by atoms with Gasteiger partial charge in [-0.1, -0.05) is 0 Å². The number of hydrogen-bond acceptors (Lipinski definition) is 3. The zero-order chi connectivity index (χ0) is 13.2. The van der Waals surface area contributed by atoms with E-state index < -0.39 is 11.5 Å². The smallest absolute Gasteiger partial charge is 0.329 e. The molecule has 0 radical (unpaired) electrons. The Hall–Kier alpha value is -1.62. The van der Waals surface area contributed by atoms with Gasteiger partial charge in [0.05, 0.1) is 6.10 Å². The van der Waals surface area contributed by atoms with Gasteiger partial charge in [-0.05, 0) is 31.2 Å². The molecule has 4 nitrogen and oxygen atoms in total. The Morgan fingerprint density at radius 3 is 2.61 bits per heavy atom. The quantitative estimate of drug-likeness (QED) is 0.845. The molecule has 0 atom stereocenters. The maximum Gasteiger partial charge on any atom is 0.329 e. The van der Waals surface area contributed by atoms with E-state index in [2.05, 4.69) is 5.32 Å². The molecule has 98 valence electrons. The number of halogens is 1. The van der Waals surface area contributed by atoms with Crippen LogP contribution >= 0.6 is 0 Å². The van der Waals surface area contributed by atoms with Crippen LogP contribution in [-0.2, 0) is 9.53 Å². The summed E-state index contributed by atoms with van der Waals surface area (Å²) in [7, 11) is 0. The highest BCUT2D eigenvalue weighted by Gasteiger charge is 2.51. The Kier molecular flexibility index (Phi) is 3.52. The van der Waals surface area contributed by atoms with Crippen LogP contribution in [-0.4, -0.2) is 29.3 Å². The van der Waals surface area contributed by atoms with Crippen LogP contribution in [0.5, 0.6) is 0 Å². The van der Waals surface area contributed by atoms with Crippen molar-refractivity contribution in [1.82, 2.24) is 0 Å². The summed E-state index contributed by atoms with van der Waals surface area (Å²) >= 11 is 0. The number of carboxylic acid groups (broad SMARTS) is 1. The topological polar surface area (TPSA) is 58.6 Å². The third kappa shape index (κ3) is 2.46. The predicted octanol–water partition coefficient (Wildman–Crippen LogP) is 2.26. The molecule has 0 bridgehead atoms. The lowest BCUT2D eigenvalue weighted by Gasteiger charge is -2.44. The minimum atomic E-state index is -0.988. The molecule has 1 aromatic rings. The second kappa shape index (κ2) is 4.94. The number of benzene rings is 1. The molecule has 1 fully saturated rings. The third-order valence-corrected chi connectivity index (χ3v) is 3.19. The molecule has 1 aliphatic carbocycles. The lowest BCUT2D eigenvalue weighted by atomic mass is 9.74. The van der Waals surface area contributed by atoms with Crippen molar-refractivity contribution in [2.24, 2.45) is 0 Å². The SMILES string of the molecule is CCOC1CC(Nc2ccc(F)cc2)(C(=O)O)C1. The van der Waals surface area contributed by atoms with Crippen LogP contribution < -0.4 is 5.32 Å². The van der Waals surface area contributed by atoms with Crippen LogP contribution in [0.3, 0.4) is 0 Å². The second-order valence-electron chi connectivity index (χ2n) is 4.50. The number of ether oxygens (including phenoxy) is 1. The molecule has 0 unspecified atom stereocenters. The monoisotopic (exact) mass is 253 g/mol. The van der Waals surface area contributed by atoms with Crippen molar-refractivity contribution in [2.45, 2.75) is 31.4 Å². The van der Waals surface area contributed by atoms with Crippen molar-refractivity contribution in [2.75, 3.05) is 11.9 Å². The molecular formula is C13H16FNO3. The zero-order valence-corrected chi connectivity index (χ0v) is 10.1. The van der Waals surface area contributed by atoms with Crippen LogP contribution in [0.1, 0.15) is 19.8 Å². The fourth-order valence-electron chi connectivity index (χ4n) is 2.21. The van der Waals surface area contributed by atoms with E-state index in [4.69, 9.17) is 4.74 Å². The van der Waals surface area contributed by atoms with Gasteiger partial charge in [-0.3, -0.25) is 0 Å². The number of hydrogen-bond donors (Lipinski definition) is 2. The fraction of sp³-hybridized carbons (Fsp3) is 0.462. The third-order valence-electron chi connectivity index (χ3n) is 3.19. The Morgan fingerprint density at radius 2 is 2.11 bits per heavy atom. The minimum Gasteiger partial charge on any atom is -0.480 e. The summed E-state index contributed by atoms with van der Waals surface area (Å²) < 4.78 is 18.1. The summed E-state index contributed by atoms with van der Waals surface area (Å²) in [5.74, 6) is -1.24. The highest BCUT2D eigenvalue weighted by molar-refractivity contribution is 5.84. The molecule has 0 saturated heterocycles. The average molecular weight is 253 g/mol. The van der Waals surface area contributed by atoms with Crippen LogP contribution in [0, 0.1) is 5.82 Å². The van der Waals surface area contributed by atoms with Crippen molar-refractivity contribution < 1.29 is 19.0 Å². The molecule has 1 saturated carbocycles. The molecule has 1 aromatic carbocycles. The Bertz CT molecular complexity index is 426. The van der Waals surface area contributed by atoms with Crippen molar-refractivity contribution in [1.29, 1.82) is 0 Å². The largest absolute Gasteiger partial charge is 0.480 e. The van der Waals surface area contributed by atoms with Gasteiger partial charge in [0.1, 0.15) is 11.4 Å². The normalized spacial score (nSPS) is 26.4. The van der Waals surface area contributed by atoms with Crippen LogP contribution in [0.2, 0.25) is 0 Å². The molecule has 0 aliphatic heterocycles. The van der Waals surface area contributed by atoms with Crippen molar-refractivity contribution in [3.8, 4) is 0 Å². The van der Waals surface area contributed by atoms with E-state index in [-0.39, 0.29) is 11.9 Å². The van der Waals surface area contributed by atoms with E-state index in [1.165, 1.54) is 24.3 Å². The molecule has 0 aromatic heterocycles. The molecule has 0 amide bonds. The first-order valence-electron chi connectivity index (χ1n) is 5.94. The first-order valence-corrected chi connectivity index (χ1v) is 5.94. The van der Waals surface area contributed by atoms with Gasteiger partial charge >= 0.3 is 5.97 Å². The van der Waals surface area contributed by atoms with Crippen LogP contribution in [0.15, 0.2) is 24.3 Å². The van der Waals surface area contributed by atoms with Crippen molar-refractivity contribution in [3.05, 3.63) is 30.1 Å². The van der Waals surface area contributed by atoms with Gasteiger partial charge in [-0.15, -0.1) is 0 Å². The number of anilines is 1. The summed E-state index contributed by atoms with van der Waals surface area (Å²) in [6.45, 7) is 2.46. The Balaban J connectivity index is 2.05. The number of carboxylic acids is 1. The van der Waals surface area contributed by atoms with E-state index in [0.29, 0.717) is 25.1 Å². The summed E-state index contributed by atoms with van der Waals surface area (Å²) in [4.78, 5) is 11.3. The predicted molar refractivity (Wildman–Crippen MR) is 65.0 cm³/mol. The zero-order valence-electron chi connectivity index (χ0n) is 10.1. The van der Waals surface area contributed by atoms with E-state index in [0.717, 1.165) is 0 Å². The summed E-state index contributed by atoms with van der Waals surface area (Å²) in [6, 6.07) is 5.68. The van der Waals surface area contributed by atoms with E-state index >= 15 is 0 Å². The first kappa shape index (κ1) is 12.8. The second-order valence-corrected chi connectivity index (χ2v) is 4.50. The number of rotatable bonds is 5. The number of carbonyl (C=O) groups is 1. The molecule has 5 heteroatoms. The molecule has 0 spiro atoms. The molecule has 1 aliphatic rings. The molecule has 0 heterocycles. The maximum absolute atomic E-state index is 12.8. The van der Waals surface area contributed by atoms with Gasteiger partial charge in [0.2, 0.25) is 0 Å². The van der Waals surface area contributed by atoms with Gasteiger partial charge in [-0.2, -0.15) is 0 Å². The lowest BCUT2D eigenvalue weighted by Crippen LogP contribution is -2.59. The Labute approximate surface area is 105 Å². The molecular weight excluding hydrogens is 237 g/mol. The van der Waals surface area contributed by atoms with Crippen LogP contribution in [0.25, 0.3) is 0 Å². The molecule has 18 heavy (non-hydrogen) atoms. The minimum absolute atomic E-state index is 0.0148. The van der Waals surface area contributed by atoms with Crippen molar-refractivity contribution >= 4 is 11.7 Å². The van der Waals surface area contributed by atoms with E-state index in [9.17, 15) is 14.3 Å². The van der Waals surface area contributed by atoms with Gasteiger partial charge in [-0.25, -0.2) is 9.18 Å². The average Bonchev–Trinajstić information content (AvgIpc) is 2.28. The summed E-state index contributed by atoms with van der Waals surface area (Å²) in [5.41, 5.74) is -0.383. The first-order chi connectivity index (χ1) is 8.55. The molecule has 2 rings (SSSR count). The van der Waals surface area contributed by atoms with E-state index in [1.54, 1.807) is 0 Å². The van der Waals surface area contributed by atoms with Gasteiger partial charge in [0, 0.05) is 25.1 Å². The van der Waals surface area contributed by atoms with Crippen molar-refractivity contribution in [3.63, 3.8) is 0 Å². The number of nitrogens with one attached hydrogen (secondary N) is 1. The molecule has 2 N–H and O–H groups in total. The summed E-state index contributed by atoms with van der Waals surface area (Å²) in [6.07, 6.45) is 0.834. The summed E-state index contributed by atoms with van der Waals surface area (Å²) in [5, 5.41) is 12.3. The van der Waals surface area contributed by atoms with E-state index in [1.807, 2.05) is 6.92 Å². The standard InChI is InChI=1S/C13H16FNO3/c1-2-18-11-7-13(8-11,12(16)17)15-10-5-3-9(14)4-6-10/h3-6,11,15H,2,7-8H2,1H3,(H,16,17). The highest BCUT2D eigenvalue weighted by atomic mass is 19.1. The highest BCUT2D eigenvalue weighted by Crippen LogP contribution is 2.38. The fourth-order valence-corrected chi connectivity index (χ4v) is 2.21. The number of aliphatic carboxylic acids is 1. The van der Waals surface area contributed by atoms with Gasteiger partial charge in [0.25, 0.3) is 0 Å². The van der Waals surface area contributed by atoms with Gasteiger partial charge < -0.3 is 15.2 Å². The maximum atomic E-state index is 12.8.